The van der Waals surface area contributed by atoms with E-state index in [1.165, 1.54) is 5.01 Å². The first-order valence-electron chi connectivity index (χ1n) is 9.30. The molecule has 0 unspecified atom stereocenters. The molecule has 8 heteroatoms. The van der Waals surface area contributed by atoms with Crippen LogP contribution in [0.3, 0.4) is 0 Å². The van der Waals surface area contributed by atoms with E-state index in [1.807, 2.05) is 35.7 Å². The van der Waals surface area contributed by atoms with Gasteiger partial charge in [0.2, 0.25) is 12.7 Å². The number of hydrogen-bond acceptors (Lipinski definition) is 6. The third kappa shape index (κ3) is 3.24. The van der Waals surface area contributed by atoms with Crippen LogP contribution in [0.1, 0.15) is 35.7 Å². The number of thiophene rings is 1. The Morgan fingerprint density at radius 2 is 2.07 bits per heavy atom. The van der Waals surface area contributed by atoms with E-state index in [4.69, 9.17) is 9.47 Å². The number of rotatable bonds is 5. The zero-order valence-electron chi connectivity index (χ0n) is 15.1. The van der Waals surface area contributed by atoms with Gasteiger partial charge in [-0.15, -0.1) is 11.3 Å². The molecule has 1 aromatic carbocycles. The number of hydrogen-bond donors (Lipinski definition) is 1. The first-order valence-corrected chi connectivity index (χ1v) is 10.2. The Labute approximate surface area is 165 Å². The number of amides is 2. The summed E-state index contributed by atoms with van der Waals surface area (Å²) >= 11 is 1.60. The maximum atomic E-state index is 12.9. The van der Waals surface area contributed by atoms with Crippen LogP contribution < -0.4 is 14.8 Å². The van der Waals surface area contributed by atoms with E-state index in [0.717, 1.165) is 29.0 Å². The SMILES string of the molecule is O=C(NCC(=O)N1N=C(c2cccs2)C[C@@H]1c1ccc2c(c1)OCO2)C1CC1. The molecular weight excluding hydrogens is 378 g/mol. The quantitative estimate of drug-likeness (QED) is 0.841. The monoisotopic (exact) mass is 397 g/mol. The molecule has 1 saturated carbocycles. The number of nitrogens with one attached hydrogen (secondary N) is 1. The average molecular weight is 397 g/mol. The van der Waals surface area contributed by atoms with Crippen molar-refractivity contribution in [2.24, 2.45) is 11.0 Å². The second kappa shape index (κ2) is 6.94. The molecule has 0 radical (unpaired) electrons. The Morgan fingerprint density at radius 3 is 2.86 bits per heavy atom. The van der Waals surface area contributed by atoms with E-state index in [9.17, 15) is 9.59 Å². The van der Waals surface area contributed by atoms with Crippen LogP contribution in [0.25, 0.3) is 0 Å². The summed E-state index contributed by atoms with van der Waals surface area (Å²) in [6.45, 7) is 0.161. The molecule has 1 aromatic heterocycles. The lowest BCUT2D eigenvalue weighted by Crippen LogP contribution is -2.38. The third-order valence-corrected chi connectivity index (χ3v) is 6.03. The molecule has 0 saturated heterocycles. The molecule has 3 aliphatic rings. The summed E-state index contributed by atoms with van der Waals surface area (Å²) in [7, 11) is 0. The van der Waals surface area contributed by atoms with Gasteiger partial charge in [-0.1, -0.05) is 12.1 Å². The van der Waals surface area contributed by atoms with Gasteiger partial charge in [0.15, 0.2) is 11.5 Å². The molecule has 1 aliphatic carbocycles. The van der Waals surface area contributed by atoms with Gasteiger partial charge in [0.05, 0.1) is 23.2 Å². The molecule has 144 valence electrons. The highest BCUT2D eigenvalue weighted by Gasteiger charge is 2.35. The number of nitrogens with zero attached hydrogens (tertiary/aromatic N) is 2. The minimum Gasteiger partial charge on any atom is -0.454 e. The highest BCUT2D eigenvalue weighted by Crippen LogP contribution is 2.39. The normalized spacial score (nSPS) is 20.2. The second-order valence-electron chi connectivity index (χ2n) is 7.09. The Morgan fingerprint density at radius 1 is 1.21 bits per heavy atom. The summed E-state index contributed by atoms with van der Waals surface area (Å²) in [6, 6.07) is 9.44. The Bertz CT molecular complexity index is 952. The summed E-state index contributed by atoms with van der Waals surface area (Å²) < 4.78 is 10.9. The molecule has 2 aromatic rings. The van der Waals surface area contributed by atoms with Gasteiger partial charge in [-0.25, -0.2) is 5.01 Å². The van der Waals surface area contributed by atoms with Gasteiger partial charge in [0.25, 0.3) is 5.91 Å². The van der Waals surface area contributed by atoms with Crippen molar-refractivity contribution in [3.05, 3.63) is 46.2 Å². The third-order valence-electron chi connectivity index (χ3n) is 5.11. The zero-order valence-corrected chi connectivity index (χ0v) is 15.9. The fraction of sp³-hybridized carbons (Fsp3) is 0.350. The van der Waals surface area contributed by atoms with Crippen molar-refractivity contribution in [1.29, 1.82) is 0 Å². The van der Waals surface area contributed by atoms with E-state index >= 15 is 0 Å². The van der Waals surface area contributed by atoms with Gasteiger partial charge in [0.1, 0.15) is 0 Å². The number of hydrazone groups is 1. The highest BCUT2D eigenvalue weighted by molar-refractivity contribution is 7.12. The smallest absolute Gasteiger partial charge is 0.262 e. The number of ether oxygens (including phenoxy) is 2. The van der Waals surface area contributed by atoms with Crippen LogP contribution in [0.2, 0.25) is 0 Å². The number of carbonyl (C=O) groups is 2. The predicted octanol–water partition coefficient (Wildman–Crippen LogP) is 2.68. The molecule has 3 heterocycles. The minimum atomic E-state index is -0.239. The predicted molar refractivity (Wildman–Crippen MR) is 103 cm³/mol. The van der Waals surface area contributed by atoms with Crippen LogP contribution in [0.4, 0.5) is 0 Å². The molecule has 0 spiro atoms. The van der Waals surface area contributed by atoms with E-state index in [1.54, 1.807) is 11.3 Å². The lowest BCUT2D eigenvalue weighted by atomic mass is 10.0. The fourth-order valence-corrected chi connectivity index (χ4v) is 4.17. The first-order chi connectivity index (χ1) is 13.7. The Hall–Kier alpha value is -2.87. The van der Waals surface area contributed by atoms with Gasteiger partial charge in [-0.2, -0.15) is 5.10 Å². The van der Waals surface area contributed by atoms with Crippen molar-refractivity contribution in [3.63, 3.8) is 0 Å². The Balaban J connectivity index is 1.39. The highest BCUT2D eigenvalue weighted by atomic mass is 32.1. The van der Waals surface area contributed by atoms with Crippen LogP contribution in [-0.4, -0.2) is 35.9 Å². The average Bonchev–Trinajstić information content (AvgIpc) is 3.13. The molecular formula is C20H19N3O4S. The van der Waals surface area contributed by atoms with Crippen molar-refractivity contribution in [2.75, 3.05) is 13.3 Å². The van der Waals surface area contributed by atoms with Gasteiger partial charge in [-0.3, -0.25) is 9.59 Å². The van der Waals surface area contributed by atoms with Crippen molar-refractivity contribution < 1.29 is 19.1 Å². The number of benzene rings is 1. The van der Waals surface area contributed by atoms with Crippen LogP contribution in [0, 0.1) is 5.92 Å². The van der Waals surface area contributed by atoms with Crippen molar-refractivity contribution in [1.82, 2.24) is 10.3 Å². The summed E-state index contributed by atoms with van der Waals surface area (Å²) in [6.07, 6.45) is 2.43. The Kier molecular flexibility index (Phi) is 4.27. The van der Waals surface area contributed by atoms with Crippen molar-refractivity contribution in [3.8, 4) is 11.5 Å². The van der Waals surface area contributed by atoms with E-state index < -0.39 is 0 Å². The second-order valence-corrected chi connectivity index (χ2v) is 8.03. The topological polar surface area (TPSA) is 80.2 Å². The minimum absolute atomic E-state index is 0.0440. The first kappa shape index (κ1) is 17.2. The fourth-order valence-electron chi connectivity index (χ4n) is 3.45. The molecule has 28 heavy (non-hydrogen) atoms. The van der Waals surface area contributed by atoms with E-state index in [-0.39, 0.29) is 37.1 Å². The van der Waals surface area contributed by atoms with Gasteiger partial charge >= 0.3 is 0 Å². The largest absolute Gasteiger partial charge is 0.454 e. The molecule has 1 fully saturated rings. The standard InChI is InChI=1S/C20H19N3O4S/c24-19(10-21-20(25)12-3-4-12)23-15(9-14(22-23)18-2-1-7-28-18)13-5-6-16-17(8-13)27-11-26-16/h1-2,5-8,12,15H,3-4,9-11H2,(H,21,25)/t15-/m1/s1. The van der Waals surface area contributed by atoms with Crippen molar-refractivity contribution >= 4 is 28.9 Å². The van der Waals surface area contributed by atoms with Crippen LogP contribution in [-0.2, 0) is 9.59 Å². The summed E-state index contributed by atoms with van der Waals surface area (Å²) in [5.74, 6) is 1.19. The molecule has 1 N–H and O–H groups in total. The lowest BCUT2D eigenvalue weighted by Gasteiger charge is -2.22. The molecule has 2 aliphatic heterocycles. The molecule has 5 rings (SSSR count). The summed E-state index contributed by atoms with van der Waals surface area (Å²) in [4.78, 5) is 25.8. The molecule has 1 atom stereocenters. The van der Waals surface area contributed by atoms with E-state index in [2.05, 4.69) is 10.4 Å². The van der Waals surface area contributed by atoms with Gasteiger partial charge in [-0.05, 0) is 42.0 Å². The maximum Gasteiger partial charge on any atom is 0.262 e. The van der Waals surface area contributed by atoms with Gasteiger partial charge < -0.3 is 14.8 Å². The molecule has 2 amide bonds. The summed E-state index contributed by atoms with van der Waals surface area (Å²) in [5, 5.41) is 10.8. The lowest BCUT2D eigenvalue weighted by molar-refractivity contribution is -0.134. The van der Waals surface area contributed by atoms with Gasteiger partial charge in [0, 0.05) is 12.3 Å². The molecule has 7 nitrogen and oxygen atoms in total. The van der Waals surface area contributed by atoms with Crippen molar-refractivity contribution in [2.45, 2.75) is 25.3 Å². The van der Waals surface area contributed by atoms with Crippen LogP contribution in [0.5, 0.6) is 11.5 Å². The van der Waals surface area contributed by atoms with Crippen LogP contribution >= 0.6 is 11.3 Å². The van der Waals surface area contributed by atoms with E-state index in [0.29, 0.717) is 17.9 Å². The number of fused-ring (bicyclic) bond motifs is 1. The molecule has 0 bridgehead atoms. The summed E-state index contributed by atoms with van der Waals surface area (Å²) in [5.41, 5.74) is 1.81. The number of carbonyl (C=O) groups excluding carboxylic acids is 2. The zero-order chi connectivity index (χ0) is 19.1. The van der Waals surface area contributed by atoms with Crippen LogP contribution in [0.15, 0.2) is 40.8 Å². The maximum absolute atomic E-state index is 12.9.